The molecule has 6 atom stereocenters. The molecule has 1 aliphatic rings. The van der Waals surface area contributed by atoms with E-state index >= 15 is 0 Å². The third-order valence-corrected chi connectivity index (χ3v) is 7.61. The molecule has 0 aromatic heterocycles. The zero-order valence-corrected chi connectivity index (χ0v) is 23.4. The Kier molecular flexibility index (Phi) is 15.9. The van der Waals surface area contributed by atoms with Gasteiger partial charge in [0.05, 0.1) is 12.7 Å². The summed E-state index contributed by atoms with van der Waals surface area (Å²) in [5.74, 6) is -1.23. The van der Waals surface area contributed by atoms with Crippen molar-refractivity contribution in [3.63, 3.8) is 0 Å². The Morgan fingerprint density at radius 1 is 0.846 bits per heavy atom. The standard InChI is InChI=1S/C30H50O9/c1-21(38-30-28(35)27(34)26(33)24(20-31)39-30)16-13-11-9-7-5-3-2-4-6-8-10-12-14-17-22-18-15-19-23(32)25(22)29(36)37/h15,18-19,21,24,26-28,30-35H,2-14,16-17,20H2,1H3,(H,36,37)/t21-,24-,26-,27+,28+,30-/m1/s1. The van der Waals surface area contributed by atoms with Gasteiger partial charge in [-0.15, -0.1) is 0 Å². The number of rotatable bonds is 20. The molecule has 6 N–H and O–H groups in total. The first-order valence-electron chi connectivity index (χ1n) is 14.8. The summed E-state index contributed by atoms with van der Waals surface area (Å²) in [5, 5.41) is 58.1. The minimum Gasteiger partial charge on any atom is -0.507 e. The van der Waals surface area contributed by atoms with Crippen molar-refractivity contribution in [2.45, 2.75) is 140 Å². The summed E-state index contributed by atoms with van der Waals surface area (Å²) in [6, 6.07) is 4.90. The largest absolute Gasteiger partial charge is 0.507 e. The van der Waals surface area contributed by atoms with Crippen LogP contribution < -0.4 is 0 Å². The average molecular weight is 555 g/mol. The Hall–Kier alpha value is -1.75. The van der Waals surface area contributed by atoms with Gasteiger partial charge < -0.3 is 40.1 Å². The van der Waals surface area contributed by atoms with Crippen molar-refractivity contribution in [2.75, 3.05) is 6.61 Å². The second-order valence-corrected chi connectivity index (χ2v) is 10.9. The van der Waals surface area contributed by atoms with E-state index < -0.39 is 43.3 Å². The van der Waals surface area contributed by atoms with Crippen LogP contribution in [-0.4, -0.2) is 80.0 Å². The first-order chi connectivity index (χ1) is 18.8. The molecule has 224 valence electrons. The highest BCUT2D eigenvalue weighted by atomic mass is 16.7. The number of hydrogen-bond acceptors (Lipinski definition) is 8. The number of unbranched alkanes of at least 4 members (excludes halogenated alkanes) is 12. The molecule has 0 spiro atoms. The first kappa shape index (κ1) is 33.5. The van der Waals surface area contributed by atoms with Crippen LogP contribution in [0, 0.1) is 0 Å². The molecule has 1 saturated heterocycles. The lowest BCUT2D eigenvalue weighted by atomic mass is 9.99. The molecule has 0 amide bonds. The minimum atomic E-state index is -1.41. The molecule has 39 heavy (non-hydrogen) atoms. The van der Waals surface area contributed by atoms with Crippen molar-refractivity contribution in [1.82, 2.24) is 0 Å². The van der Waals surface area contributed by atoms with E-state index in [2.05, 4.69) is 0 Å². The van der Waals surface area contributed by atoms with Crippen molar-refractivity contribution in [3.8, 4) is 5.75 Å². The molecule has 1 fully saturated rings. The van der Waals surface area contributed by atoms with Gasteiger partial charge >= 0.3 is 5.97 Å². The number of ether oxygens (including phenoxy) is 2. The fourth-order valence-corrected chi connectivity index (χ4v) is 5.21. The number of carboxylic acids is 1. The summed E-state index contributed by atoms with van der Waals surface area (Å²) < 4.78 is 11.1. The van der Waals surface area contributed by atoms with Crippen LogP contribution in [0.25, 0.3) is 0 Å². The number of aryl methyl sites for hydroxylation is 1. The second kappa shape index (κ2) is 18.6. The SMILES string of the molecule is C[C@H](CCCCCCCCCCCCCCCc1cccc(O)c1C(=O)O)O[C@@H]1O[C@H](CO)[C@@H](O)[C@H](O)[C@@H]1O. The number of carboxylic acid groups (broad SMARTS) is 1. The predicted octanol–water partition coefficient (Wildman–Crippen LogP) is 4.30. The maximum atomic E-state index is 11.3. The molecule has 0 bridgehead atoms. The molecular weight excluding hydrogens is 504 g/mol. The van der Waals surface area contributed by atoms with Crippen LogP contribution in [0.2, 0.25) is 0 Å². The highest BCUT2D eigenvalue weighted by Crippen LogP contribution is 2.25. The molecule has 2 rings (SSSR count). The van der Waals surface area contributed by atoms with Gasteiger partial charge in [0, 0.05) is 0 Å². The molecule has 9 nitrogen and oxygen atoms in total. The number of aromatic hydroxyl groups is 1. The van der Waals surface area contributed by atoms with Crippen LogP contribution >= 0.6 is 0 Å². The van der Waals surface area contributed by atoms with Gasteiger partial charge in [0.2, 0.25) is 0 Å². The third kappa shape index (κ3) is 11.7. The molecule has 1 aliphatic heterocycles. The van der Waals surface area contributed by atoms with Crippen LogP contribution in [0.5, 0.6) is 5.75 Å². The number of benzene rings is 1. The maximum absolute atomic E-state index is 11.3. The van der Waals surface area contributed by atoms with Gasteiger partial charge in [-0.25, -0.2) is 4.79 Å². The molecule has 9 heteroatoms. The van der Waals surface area contributed by atoms with Crippen molar-refractivity contribution in [1.29, 1.82) is 0 Å². The summed E-state index contributed by atoms with van der Waals surface area (Å²) in [5.41, 5.74) is 0.742. The van der Waals surface area contributed by atoms with Gasteiger partial charge in [-0.3, -0.25) is 0 Å². The zero-order chi connectivity index (χ0) is 28.6. The monoisotopic (exact) mass is 554 g/mol. The summed E-state index contributed by atoms with van der Waals surface area (Å²) in [6.07, 6.45) is 10.3. The van der Waals surface area contributed by atoms with Crippen LogP contribution in [0.4, 0.5) is 0 Å². The highest BCUT2D eigenvalue weighted by molar-refractivity contribution is 5.92. The van der Waals surface area contributed by atoms with Crippen molar-refractivity contribution >= 4 is 5.97 Å². The van der Waals surface area contributed by atoms with E-state index in [9.17, 15) is 35.4 Å². The van der Waals surface area contributed by atoms with E-state index in [4.69, 9.17) is 9.47 Å². The van der Waals surface area contributed by atoms with Gasteiger partial charge in [-0.05, 0) is 37.8 Å². The molecule has 0 aliphatic carbocycles. The van der Waals surface area contributed by atoms with Crippen molar-refractivity contribution in [2.24, 2.45) is 0 Å². The molecule has 0 unspecified atom stereocenters. The number of aliphatic hydroxyl groups is 4. The van der Waals surface area contributed by atoms with Crippen molar-refractivity contribution < 1.29 is 44.9 Å². The lowest BCUT2D eigenvalue weighted by Gasteiger charge is -2.40. The number of aliphatic hydroxyl groups excluding tert-OH is 4. The molecule has 1 heterocycles. The van der Waals surface area contributed by atoms with Crippen LogP contribution in [0.3, 0.4) is 0 Å². The highest BCUT2D eigenvalue weighted by Gasteiger charge is 2.44. The zero-order valence-electron chi connectivity index (χ0n) is 23.4. The maximum Gasteiger partial charge on any atom is 0.339 e. The molecule has 0 radical (unpaired) electrons. The van der Waals surface area contributed by atoms with E-state index in [1.807, 2.05) is 6.92 Å². The van der Waals surface area contributed by atoms with Crippen LogP contribution in [0.1, 0.15) is 113 Å². The molecular formula is C30H50O9. The van der Waals surface area contributed by atoms with Crippen LogP contribution in [0.15, 0.2) is 18.2 Å². The van der Waals surface area contributed by atoms with Gasteiger partial charge in [0.15, 0.2) is 6.29 Å². The Morgan fingerprint density at radius 3 is 1.92 bits per heavy atom. The summed E-state index contributed by atoms with van der Waals surface area (Å²) in [6.45, 7) is 1.44. The van der Waals surface area contributed by atoms with E-state index in [1.165, 1.54) is 57.4 Å². The molecule has 0 saturated carbocycles. The Labute approximate surface area is 232 Å². The van der Waals surface area contributed by atoms with E-state index in [0.29, 0.717) is 12.0 Å². The Balaban J connectivity index is 1.39. The second-order valence-electron chi connectivity index (χ2n) is 10.9. The lowest BCUT2D eigenvalue weighted by Crippen LogP contribution is -2.59. The fraction of sp³-hybridized carbons (Fsp3) is 0.767. The predicted molar refractivity (Wildman–Crippen MR) is 148 cm³/mol. The first-order valence-corrected chi connectivity index (χ1v) is 14.8. The Bertz CT molecular complexity index is 816. The van der Waals surface area contributed by atoms with E-state index in [0.717, 1.165) is 38.5 Å². The lowest BCUT2D eigenvalue weighted by molar-refractivity contribution is -0.310. The van der Waals surface area contributed by atoms with E-state index in [1.54, 1.807) is 12.1 Å². The fourth-order valence-electron chi connectivity index (χ4n) is 5.21. The molecule has 1 aromatic rings. The average Bonchev–Trinajstić information content (AvgIpc) is 2.90. The van der Waals surface area contributed by atoms with Gasteiger partial charge in [0.25, 0.3) is 0 Å². The number of carbonyl (C=O) groups is 1. The topological polar surface area (TPSA) is 157 Å². The summed E-state index contributed by atoms with van der Waals surface area (Å²) in [7, 11) is 0. The third-order valence-electron chi connectivity index (χ3n) is 7.61. The van der Waals surface area contributed by atoms with Gasteiger partial charge in [0.1, 0.15) is 35.7 Å². The Morgan fingerprint density at radius 2 is 1.38 bits per heavy atom. The van der Waals surface area contributed by atoms with Crippen molar-refractivity contribution in [3.05, 3.63) is 29.3 Å². The van der Waals surface area contributed by atoms with Crippen LogP contribution in [-0.2, 0) is 15.9 Å². The quantitative estimate of drug-likeness (QED) is 0.129. The number of phenols is 1. The molecule has 1 aromatic carbocycles. The smallest absolute Gasteiger partial charge is 0.339 e. The number of aromatic carboxylic acids is 1. The minimum absolute atomic E-state index is 0.0351. The van der Waals surface area contributed by atoms with Gasteiger partial charge in [-0.1, -0.05) is 89.2 Å². The normalized spacial score (nSPS) is 24.1. The van der Waals surface area contributed by atoms with E-state index in [-0.39, 0.29) is 17.4 Å². The number of hydrogen-bond donors (Lipinski definition) is 6. The van der Waals surface area contributed by atoms with Gasteiger partial charge in [-0.2, -0.15) is 0 Å². The summed E-state index contributed by atoms with van der Waals surface area (Å²) >= 11 is 0. The summed E-state index contributed by atoms with van der Waals surface area (Å²) in [4.78, 5) is 11.3.